The van der Waals surface area contributed by atoms with E-state index in [4.69, 9.17) is 10.5 Å². The zero-order chi connectivity index (χ0) is 15.4. The normalized spacial score (nSPS) is 33.4. The lowest BCUT2D eigenvalue weighted by Gasteiger charge is -2.34. The molecule has 2 rings (SSSR count). The summed E-state index contributed by atoms with van der Waals surface area (Å²) in [5.74, 6) is -1.69. The van der Waals surface area contributed by atoms with E-state index in [2.05, 4.69) is 0 Å². The number of aliphatic carboxylic acids is 1. The van der Waals surface area contributed by atoms with Crippen LogP contribution in [0.4, 0.5) is 0 Å². The van der Waals surface area contributed by atoms with Crippen LogP contribution in [0.15, 0.2) is 0 Å². The summed E-state index contributed by atoms with van der Waals surface area (Å²) in [6.07, 6.45) is 4.89. The molecule has 6 nitrogen and oxygen atoms in total. The number of nitrogens with zero attached hydrogens (tertiary/aromatic N) is 1. The second-order valence-electron chi connectivity index (χ2n) is 6.08. The van der Waals surface area contributed by atoms with E-state index in [9.17, 15) is 14.7 Å². The molecule has 4 unspecified atom stereocenters. The summed E-state index contributed by atoms with van der Waals surface area (Å²) in [5.41, 5.74) is 6.17. The maximum Gasteiger partial charge on any atom is 0.311 e. The minimum absolute atomic E-state index is 0.00801. The molecule has 6 heteroatoms. The molecule has 0 spiro atoms. The molecule has 1 aliphatic heterocycles. The fourth-order valence-corrected chi connectivity index (χ4v) is 3.50. The van der Waals surface area contributed by atoms with Crippen molar-refractivity contribution >= 4 is 11.9 Å². The van der Waals surface area contributed by atoms with Crippen LogP contribution in [0.1, 0.15) is 39.0 Å². The van der Waals surface area contributed by atoms with Crippen molar-refractivity contribution in [3.05, 3.63) is 0 Å². The van der Waals surface area contributed by atoms with Gasteiger partial charge in [0.2, 0.25) is 5.91 Å². The lowest BCUT2D eigenvalue weighted by molar-refractivity contribution is -0.146. The fraction of sp³-hybridized carbons (Fsp3) is 0.867. The lowest BCUT2D eigenvalue weighted by atomic mass is 9.92. The summed E-state index contributed by atoms with van der Waals surface area (Å²) in [4.78, 5) is 25.8. The number of carbonyl (C=O) groups is 2. The third-order valence-electron chi connectivity index (χ3n) is 4.78. The van der Waals surface area contributed by atoms with Crippen molar-refractivity contribution in [3.8, 4) is 0 Å². The predicted octanol–water partition coefficient (Wildman–Crippen LogP) is 0.842. The first kappa shape index (κ1) is 16.2. The number of ether oxygens (including phenoxy) is 1. The van der Waals surface area contributed by atoms with Gasteiger partial charge in [0.15, 0.2) is 0 Å². The minimum Gasteiger partial charge on any atom is -0.481 e. The molecule has 2 aliphatic rings. The third-order valence-corrected chi connectivity index (χ3v) is 4.78. The zero-order valence-electron chi connectivity index (χ0n) is 12.7. The summed E-state index contributed by atoms with van der Waals surface area (Å²) >= 11 is 0. The van der Waals surface area contributed by atoms with Crippen LogP contribution in [0.2, 0.25) is 0 Å². The van der Waals surface area contributed by atoms with E-state index < -0.39 is 11.9 Å². The van der Waals surface area contributed by atoms with Crippen molar-refractivity contribution in [1.29, 1.82) is 0 Å². The first-order chi connectivity index (χ1) is 10.1. The van der Waals surface area contributed by atoms with Crippen LogP contribution < -0.4 is 5.73 Å². The van der Waals surface area contributed by atoms with Crippen molar-refractivity contribution in [3.63, 3.8) is 0 Å². The number of amides is 1. The maximum atomic E-state index is 12.8. The van der Waals surface area contributed by atoms with E-state index in [1.54, 1.807) is 4.90 Å². The predicted molar refractivity (Wildman–Crippen MR) is 77.7 cm³/mol. The molecule has 4 atom stereocenters. The van der Waals surface area contributed by atoms with Crippen molar-refractivity contribution in [2.24, 2.45) is 17.6 Å². The van der Waals surface area contributed by atoms with Crippen LogP contribution >= 0.6 is 0 Å². The molecule has 3 N–H and O–H groups in total. The molecule has 0 bridgehead atoms. The van der Waals surface area contributed by atoms with E-state index in [0.29, 0.717) is 13.2 Å². The second kappa shape index (κ2) is 7.22. The van der Waals surface area contributed by atoms with Crippen LogP contribution in [0.25, 0.3) is 0 Å². The van der Waals surface area contributed by atoms with E-state index in [0.717, 1.165) is 32.1 Å². The Labute approximate surface area is 125 Å². The Kier molecular flexibility index (Phi) is 5.58. The van der Waals surface area contributed by atoms with Gasteiger partial charge in [-0.3, -0.25) is 9.59 Å². The average molecular weight is 298 g/mol. The maximum absolute atomic E-state index is 12.8. The largest absolute Gasteiger partial charge is 0.481 e. The second-order valence-corrected chi connectivity index (χ2v) is 6.08. The molecular weight excluding hydrogens is 272 g/mol. The van der Waals surface area contributed by atoms with Gasteiger partial charge in [0.05, 0.1) is 25.2 Å². The minimum atomic E-state index is -0.895. The Morgan fingerprint density at radius 3 is 2.57 bits per heavy atom. The van der Waals surface area contributed by atoms with Gasteiger partial charge in [0.25, 0.3) is 0 Å². The average Bonchev–Trinajstić information content (AvgIpc) is 2.82. The quantitative estimate of drug-likeness (QED) is 0.750. The lowest BCUT2D eigenvalue weighted by Crippen LogP contribution is -2.51. The zero-order valence-corrected chi connectivity index (χ0v) is 12.7. The van der Waals surface area contributed by atoms with E-state index in [1.165, 1.54) is 0 Å². The third kappa shape index (κ3) is 3.55. The molecule has 0 aromatic heterocycles. The Bertz CT molecular complexity index is 388. The first-order valence-electron chi connectivity index (χ1n) is 7.92. The summed E-state index contributed by atoms with van der Waals surface area (Å²) in [6.45, 7) is 2.87. The Morgan fingerprint density at radius 1 is 1.19 bits per heavy atom. The van der Waals surface area contributed by atoms with Crippen LogP contribution in [0.3, 0.4) is 0 Å². The molecule has 0 aromatic carbocycles. The number of carbonyl (C=O) groups excluding carboxylic acids is 1. The van der Waals surface area contributed by atoms with Gasteiger partial charge < -0.3 is 20.5 Å². The van der Waals surface area contributed by atoms with Gasteiger partial charge in [0, 0.05) is 12.6 Å². The monoisotopic (exact) mass is 298 g/mol. The number of carboxylic acids is 1. The number of carboxylic acid groups (broad SMARTS) is 1. The topological polar surface area (TPSA) is 92.9 Å². The number of hydrogen-bond acceptors (Lipinski definition) is 4. The molecule has 1 heterocycles. The fourth-order valence-electron chi connectivity index (χ4n) is 3.50. The smallest absolute Gasteiger partial charge is 0.311 e. The molecule has 2 fully saturated rings. The van der Waals surface area contributed by atoms with Crippen molar-refractivity contribution < 1.29 is 19.4 Å². The van der Waals surface area contributed by atoms with E-state index >= 15 is 0 Å². The SMILES string of the molecule is CCN(C(=O)C1CCCCCC1N)C1COCC1C(=O)O. The Hall–Kier alpha value is -1.14. The highest BCUT2D eigenvalue weighted by Gasteiger charge is 2.41. The molecular formula is C15H26N2O4. The van der Waals surface area contributed by atoms with Gasteiger partial charge in [0.1, 0.15) is 5.92 Å². The van der Waals surface area contributed by atoms with Gasteiger partial charge in [-0.05, 0) is 19.8 Å². The Balaban J connectivity index is 2.12. The highest BCUT2D eigenvalue weighted by Crippen LogP contribution is 2.27. The van der Waals surface area contributed by atoms with Gasteiger partial charge in [-0.1, -0.05) is 19.3 Å². The molecule has 0 aromatic rings. The number of rotatable bonds is 4. The molecule has 1 saturated carbocycles. The number of hydrogen-bond donors (Lipinski definition) is 2. The summed E-state index contributed by atoms with van der Waals surface area (Å²) in [6, 6.07) is -0.477. The van der Waals surface area contributed by atoms with E-state index in [1.807, 2.05) is 6.92 Å². The van der Waals surface area contributed by atoms with Crippen LogP contribution in [-0.4, -0.2) is 53.7 Å². The molecule has 0 radical (unpaired) electrons. The molecule has 1 saturated heterocycles. The molecule has 1 amide bonds. The van der Waals surface area contributed by atoms with Gasteiger partial charge >= 0.3 is 5.97 Å². The van der Waals surface area contributed by atoms with Crippen molar-refractivity contribution in [2.45, 2.75) is 51.1 Å². The Morgan fingerprint density at radius 2 is 1.90 bits per heavy atom. The highest BCUT2D eigenvalue weighted by molar-refractivity contribution is 5.81. The summed E-state index contributed by atoms with van der Waals surface area (Å²) < 4.78 is 5.30. The summed E-state index contributed by atoms with van der Waals surface area (Å²) in [5, 5.41) is 9.27. The van der Waals surface area contributed by atoms with Crippen LogP contribution in [-0.2, 0) is 14.3 Å². The van der Waals surface area contributed by atoms with Crippen molar-refractivity contribution in [1.82, 2.24) is 4.90 Å². The number of likely N-dealkylation sites (N-methyl/N-ethyl adjacent to an activating group) is 1. The van der Waals surface area contributed by atoms with Gasteiger partial charge in [-0.25, -0.2) is 0 Å². The highest BCUT2D eigenvalue weighted by atomic mass is 16.5. The molecule has 1 aliphatic carbocycles. The van der Waals surface area contributed by atoms with Gasteiger partial charge in [-0.15, -0.1) is 0 Å². The summed E-state index contributed by atoms with van der Waals surface area (Å²) in [7, 11) is 0. The standard InChI is InChI=1S/C15H26N2O4/c1-2-17(13-9-21-8-11(13)15(19)20)14(18)10-6-4-3-5-7-12(10)16/h10-13H,2-9,16H2,1H3,(H,19,20). The molecule has 120 valence electrons. The first-order valence-corrected chi connectivity index (χ1v) is 7.92. The van der Waals surface area contributed by atoms with Crippen LogP contribution in [0.5, 0.6) is 0 Å². The van der Waals surface area contributed by atoms with Crippen LogP contribution in [0, 0.1) is 11.8 Å². The van der Waals surface area contributed by atoms with Crippen molar-refractivity contribution in [2.75, 3.05) is 19.8 Å². The molecule has 21 heavy (non-hydrogen) atoms. The van der Waals surface area contributed by atoms with E-state index in [-0.39, 0.29) is 30.5 Å². The van der Waals surface area contributed by atoms with Gasteiger partial charge in [-0.2, -0.15) is 0 Å². The number of nitrogens with two attached hydrogens (primary N) is 1.